The van der Waals surface area contributed by atoms with E-state index in [0.29, 0.717) is 18.1 Å². The predicted octanol–water partition coefficient (Wildman–Crippen LogP) is 4.70. The lowest BCUT2D eigenvalue weighted by Gasteiger charge is -2.26. The largest absolute Gasteiger partial charge is 0.493 e. The molecule has 1 fully saturated rings. The van der Waals surface area contributed by atoms with Crippen LogP contribution in [0.3, 0.4) is 0 Å². The Morgan fingerprint density at radius 3 is 2.23 bits per heavy atom. The van der Waals surface area contributed by atoms with Crippen LogP contribution in [0.4, 0.5) is 8.78 Å². The minimum atomic E-state index is -0.287. The SMILES string of the molecule is Fc1ccc(OCCSc2nnc(CN3CCCCC3)n2-c2ccc(F)cc2)cc1. The second-order valence-electron chi connectivity index (χ2n) is 7.20. The highest BCUT2D eigenvalue weighted by atomic mass is 32.2. The zero-order valence-electron chi connectivity index (χ0n) is 16.6. The lowest BCUT2D eigenvalue weighted by molar-refractivity contribution is 0.214. The van der Waals surface area contributed by atoms with Crippen molar-refractivity contribution in [3.05, 3.63) is 66.0 Å². The van der Waals surface area contributed by atoms with Gasteiger partial charge in [0.1, 0.15) is 17.4 Å². The van der Waals surface area contributed by atoms with Gasteiger partial charge in [0.15, 0.2) is 11.0 Å². The van der Waals surface area contributed by atoms with Gasteiger partial charge in [0.25, 0.3) is 0 Å². The molecule has 5 nitrogen and oxygen atoms in total. The molecule has 0 amide bonds. The van der Waals surface area contributed by atoms with Crippen LogP contribution in [0.25, 0.3) is 5.69 Å². The molecule has 0 atom stereocenters. The molecule has 0 aliphatic carbocycles. The van der Waals surface area contributed by atoms with Crippen LogP contribution in [0, 0.1) is 11.6 Å². The number of piperidine rings is 1. The Morgan fingerprint density at radius 1 is 0.867 bits per heavy atom. The third-order valence-corrected chi connectivity index (χ3v) is 5.89. The molecule has 30 heavy (non-hydrogen) atoms. The van der Waals surface area contributed by atoms with Crippen LogP contribution in [0.5, 0.6) is 5.75 Å². The van der Waals surface area contributed by atoms with Crippen LogP contribution in [-0.4, -0.2) is 45.1 Å². The Morgan fingerprint density at radius 2 is 1.53 bits per heavy atom. The van der Waals surface area contributed by atoms with Crippen molar-refractivity contribution < 1.29 is 13.5 Å². The number of ether oxygens (including phenoxy) is 1. The summed E-state index contributed by atoms with van der Waals surface area (Å²) in [5.74, 6) is 1.57. The molecule has 158 valence electrons. The molecule has 1 aliphatic rings. The molecular weight excluding hydrogens is 406 g/mol. The lowest BCUT2D eigenvalue weighted by Crippen LogP contribution is -2.30. The quantitative estimate of drug-likeness (QED) is 0.383. The van der Waals surface area contributed by atoms with Crippen molar-refractivity contribution in [1.82, 2.24) is 19.7 Å². The van der Waals surface area contributed by atoms with Gasteiger partial charge in [-0.2, -0.15) is 0 Å². The number of hydrogen-bond acceptors (Lipinski definition) is 5. The third-order valence-electron chi connectivity index (χ3n) is 5.00. The van der Waals surface area contributed by atoms with E-state index in [0.717, 1.165) is 36.3 Å². The topological polar surface area (TPSA) is 43.2 Å². The maximum Gasteiger partial charge on any atom is 0.195 e. The van der Waals surface area contributed by atoms with Crippen LogP contribution in [-0.2, 0) is 6.54 Å². The monoisotopic (exact) mass is 430 g/mol. The van der Waals surface area contributed by atoms with E-state index in [9.17, 15) is 8.78 Å². The number of hydrogen-bond donors (Lipinski definition) is 0. The Balaban J connectivity index is 1.45. The molecule has 0 radical (unpaired) electrons. The minimum Gasteiger partial charge on any atom is -0.493 e. The maximum absolute atomic E-state index is 13.4. The van der Waals surface area contributed by atoms with Crippen molar-refractivity contribution in [2.75, 3.05) is 25.4 Å². The van der Waals surface area contributed by atoms with Gasteiger partial charge in [0, 0.05) is 11.4 Å². The first-order valence-electron chi connectivity index (χ1n) is 10.1. The van der Waals surface area contributed by atoms with Crippen molar-refractivity contribution in [1.29, 1.82) is 0 Å². The van der Waals surface area contributed by atoms with Gasteiger partial charge in [-0.15, -0.1) is 10.2 Å². The number of nitrogens with zero attached hydrogens (tertiary/aromatic N) is 4. The fraction of sp³-hybridized carbons (Fsp3) is 0.364. The van der Waals surface area contributed by atoms with Gasteiger partial charge in [0.05, 0.1) is 13.2 Å². The van der Waals surface area contributed by atoms with Gasteiger partial charge in [-0.25, -0.2) is 8.78 Å². The summed E-state index contributed by atoms with van der Waals surface area (Å²) < 4.78 is 34.1. The fourth-order valence-electron chi connectivity index (χ4n) is 3.49. The average Bonchev–Trinajstić information content (AvgIpc) is 3.16. The Bertz CT molecular complexity index is 941. The molecule has 8 heteroatoms. The van der Waals surface area contributed by atoms with E-state index >= 15 is 0 Å². The van der Waals surface area contributed by atoms with Gasteiger partial charge in [0.2, 0.25) is 0 Å². The van der Waals surface area contributed by atoms with E-state index in [2.05, 4.69) is 15.1 Å². The molecule has 2 heterocycles. The first-order chi connectivity index (χ1) is 14.7. The smallest absolute Gasteiger partial charge is 0.195 e. The molecule has 1 saturated heterocycles. The second-order valence-corrected chi connectivity index (χ2v) is 8.26. The van der Waals surface area contributed by atoms with Crippen LogP contribution in [0.1, 0.15) is 25.1 Å². The van der Waals surface area contributed by atoms with E-state index in [4.69, 9.17) is 4.74 Å². The number of rotatable bonds is 8. The zero-order chi connectivity index (χ0) is 20.8. The number of halogens is 2. The van der Waals surface area contributed by atoms with Gasteiger partial charge < -0.3 is 4.74 Å². The average molecular weight is 431 g/mol. The number of thioether (sulfide) groups is 1. The Kier molecular flexibility index (Phi) is 6.96. The summed E-state index contributed by atoms with van der Waals surface area (Å²) >= 11 is 1.53. The lowest BCUT2D eigenvalue weighted by atomic mass is 10.1. The second kappa shape index (κ2) is 10.0. The molecule has 3 aromatic rings. The van der Waals surface area contributed by atoms with Gasteiger partial charge >= 0.3 is 0 Å². The van der Waals surface area contributed by atoms with Crippen molar-refractivity contribution in [3.63, 3.8) is 0 Å². The molecule has 1 aliphatic heterocycles. The van der Waals surface area contributed by atoms with Crippen molar-refractivity contribution in [2.24, 2.45) is 0 Å². The van der Waals surface area contributed by atoms with E-state index in [1.54, 1.807) is 24.3 Å². The third kappa shape index (κ3) is 5.37. The molecule has 4 rings (SSSR count). The molecule has 0 unspecified atom stereocenters. The first kappa shape index (κ1) is 20.8. The van der Waals surface area contributed by atoms with E-state index in [1.165, 1.54) is 55.3 Å². The van der Waals surface area contributed by atoms with E-state index in [1.807, 2.05) is 4.57 Å². The van der Waals surface area contributed by atoms with E-state index < -0.39 is 0 Å². The van der Waals surface area contributed by atoms with Crippen molar-refractivity contribution in [3.8, 4) is 11.4 Å². The summed E-state index contributed by atoms with van der Waals surface area (Å²) in [7, 11) is 0. The molecule has 0 saturated carbocycles. The first-order valence-corrected chi connectivity index (χ1v) is 11.1. The summed E-state index contributed by atoms with van der Waals surface area (Å²) in [6.45, 7) is 3.29. The zero-order valence-corrected chi connectivity index (χ0v) is 17.5. The Labute approximate surface area is 179 Å². The molecule has 0 spiro atoms. The number of aromatic nitrogens is 3. The summed E-state index contributed by atoms with van der Waals surface area (Å²) in [6.07, 6.45) is 3.68. The highest BCUT2D eigenvalue weighted by Gasteiger charge is 2.19. The number of likely N-dealkylation sites (tertiary alicyclic amines) is 1. The van der Waals surface area contributed by atoms with E-state index in [-0.39, 0.29) is 11.6 Å². The highest BCUT2D eigenvalue weighted by molar-refractivity contribution is 7.99. The van der Waals surface area contributed by atoms with Crippen LogP contribution in [0.15, 0.2) is 53.7 Å². The highest BCUT2D eigenvalue weighted by Crippen LogP contribution is 2.24. The predicted molar refractivity (Wildman–Crippen MR) is 113 cm³/mol. The molecular formula is C22H24F2N4OS. The van der Waals surface area contributed by atoms with Crippen LogP contribution < -0.4 is 4.74 Å². The van der Waals surface area contributed by atoms with Crippen LogP contribution >= 0.6 is 11.8 Å². The summed E-state index contributed by atoms with van der Waals surface area (Å²) in [6, 6.07) is 12.4. The molecule has 2 aromatic carbocycles. The van der Waals surface area contributed by atoms with Crippen molar-refractivity contribution >= 4 is 11.8 Å². The normalized spacial score (nSPS) is 14.7. The molecule has 0 N–H and O–H groups in total. The summed E-state index contributed by atoms with van der Waals surface area (Å²) in [5, 5.41) is 9.56. The fourth-order valence-corrected chi connectivity index (χ4v) is 4.27. The summed E-state index contributed by atoms with van der Waals surface area (Å²) in [4.78, 5) is 2.39. The molecule has 0 bridgehead atoms. The molecule has 1 aromatic heterocycles. The minimum absolute atomic E-state index is 0.272. The van der Waals surface area contributed by atoms with Crippen LogP contribution in [0.2, 0.25) is 0 Å². The van der Waals surface area contributed by atoms with Crippen molar-refractivity contribution in [2.45, 2.75) is 31.0 Å². The standard InChI is InChI=1S/C22H24F2N4OS/c23-17-4-8-19(9-5-17)28-21(16-27-12-2-1-3-13-27)25-26-22(28)30-15-14-29-20-10-6-18(24)7-11-20/h4-11H,1-3,12-16H2. The van der Waals surface area contributed by atoms with Gasteiger partial charge in [-0.1, -0.05) is 18.2 Å². The number of benzene rings is 2. The Hall–Kier alpha value is -2.45. The maximum atomic E-state index is 13.4. The van der Waals surface area contributed by atoms with Gasteiger partial charge in [-0.05, 0) is 74.5 Å². The van der Waals surface area contributed by atoms with Gasteiger partial charge in [-0.3, -0.25) is 9.47 Å². The summed E-state index contributed by atoms with van der Waals surface area (Å²) in [5.41, 5.74) is 0.843.